The number of methoxy groups -OCH3 is 1. The zero-order valence-electron chi connectivity index (χ0n) is 18.9. The van der Waals surface area contributed by atoms with Crippen LogP contribution >= 0.6 is 0 Å². The van der Waals surface area contributed by atoms with Gasteiger partial charge in [0.1, 0.15) is 18.4 Å². The molecule has 1 saturated heterocycles. The third-order valence-corrected chi connectivity index (χ3v) is 5.40. The van der Waals surface area contributed by atoms with Gasteiger partial charge in [-0.05, 0) is 30.5 Å². The van der Waals surface area contributed by atoms with E-state index < -0.39 is 17.9 Å². The third kappa shape index (κ3) is 6.09. The summed E-state index contributed by atoms with van der Waals surface area (Å²) in [6.45, 7) is 6.82. The quantitative estimate of drug-likeness (QED) is 0.616. The lowest BCUT2D eigenvalue weighted by Crippen LogP contribution is -2.47. The summed E-state index contributed by atoms with van der Waals surface area (Å²) in [6, 6.07) is 12.6. The lowest BCUT2D eigenvalue weighted by molar-refractivity contribution is -0.145. The molecule has 9 heteroatoms. The zero-order valence-corrected chi connectivity index (χ0v) is 18.9. The molecule has 1 aliphatic heterocycles. The number of nitrogens with zero attached hydrogens (tertiary/aromatic N) is 4. The van der Waals surface area contributed by atoms with Crippen molar-refractivity contribution in [3.63, 3.8) is 0 Å². The maximum absolute atomic E-state index is 12.5. The van der Waals surface area contributed by atoms with Gasteiger partial charge in [-0.3, -0.25) is 9.59 Å². The molecule has 32 heavy (non-hydrogen) atoms. The van der Waals surface area contributed by atoms with Crippen molar-refractivity contribution in [2.45, 2.75) is 32.9 Å². The summed E-state index contributed by atoms with van der Waals surface area (Å²) in [4.78, 5) is 41.2. The van der Waals surface area contributed by atoms with E-state index in [9.17, 15) is 14.4 Å². The minimum Gasteiger partial charge on any atom is -0.467 e. The van der Waals surface area contributed by atoms with Gasteiger partial charge in [0, 0.05) is 37.9 Å². The number of carbonyl (C=O) groups excluding carboxylic acids is 2. The van der Waals surface area contributed by atoms with Gasteiger partial charge in [-0.1, -0.05) is 32.0 Å². The number of piperazine rings is 1. The summed E-state index contributed by atoms with van der Waals surface area (Å²) < 4.78 is 5.92. The second-order valence-electron chi connectivity index (χ2n) is 8.27. The fourth-order valence-corrected chi connectivity index (χ4v) is 3.76. The van der Waals surface area contributed by atoms with Gasteiger partial charge in [-0.25, -0.2) is 9.48 Å². The number of carbonyl (C=O) groups is 2. The number of anilines is 2. The number of nitrogens with one attached hydrogen (secondary N) is 1. The largest absolute Gasteiger partial charge is 0.467 e. The molecule has 0 spiro atoms. The highest BCUT2D eigenvalue weighted by Gasteiger charge is 2.23. The van der Waals surface area contributed by atoms with Crippen LogP contribution in [0.5, 0.6) is 0 Å². The number of hydrogen-bond donors (Lipinski definition) is 1. The standard InChI is InChI=1S/C23H31N5O4/c1-17(2)15-19(23(31)32-3)24-21(29)16-28-22(30)10-9-20(25-28)27-13-11-26(12-14-27)18-7-5-4-6-8-18/h4-10,17,19H,11-16H2,1-3H3,(H,24,29)/t19-/m0/s1. The molecular formula is C23H31N5O4. The number of hydrogen-bond acceptors (Lipinski definition) is 7. The van der Waals surface area contributed by atoms with Crippen molar-refractivity contribution in [3.05, 3.63) is 52.8 Å². The van der Waals surface area contributed by atoms with Gasteiger partial charge < -0.3 is 19.9 Å². The van der Waals surface area contributed by atoms with E-state index in [-0.39, 0.29) is 18.0 Å². The fourth-order valence-electron chi connectivity index (χ4n) is 3.76. The number of amides is 1. The highest BCUT2D eigenvalue weighted by molar-refractivity contribution is 5.84. The molecule has 2 heterocycles. The monoisotopic (exact) mass is 441 g/mol. The average molecular weight is 442 g/mol. The Hall–Kier alpha value is -3.36. The van der Waals surface area contributed by atoms with Gasteiger partial charge in [0.2, 0.25) is 5.91 Å². The van der Waals surface area contributed by atoms with E-state index in [0.717, 1.165) is 30.9 Å². The SMILES string of the molecule is COC(=O)[C@H](CC(C)C)NC(=O)Cn1nc(N2CCN(c3ccccc3)CC2)ccc1=O. The third-order valence-electron chi connectivity index (χ3n) is 5.40. The van der Waals surface area contributed by atoms with Crippen LogP contribution in [0, 0.1) is 5.92 Å². The van der Waals surface area contributed by atoms with E-state index in [4.69, 9.17) is 4.74 Å². The number of benzene rings is 1. The zero-order chi connectivity index (χ0) is 23.1. The van der Waals surface area contributed by atoms with Crippen molar-refractivity contribution in [1.29, 1.82) is 0 Å². The molecule has 0 unspecified atom stereocenters. The first-order chi connectivity index (χ1) is 15.4. The Kier molecular flexibility index (Phi) is 7.86. The van der Waals surface area contributed by atoms with Crippen molar-refractivity contribution in [2.75, 3.05) is 43.1 Å². The Morgan fingerprint density at radius 2 is 1.69 bits per heavy atom. The van der Waals surface area contributed by atoms with Gasteiger partial charge in [0.05, 0.1) is 7.11 Å². The van der Waals surface area contributed by atoms with Crippen LogP contribution in [0.25, 0.3) is 0 Å². The molecule has 172 valence electrons. The summed E-state index contributed by atoms with van der Waals surface area (Å²) in [5.41, 5.74) is 0.814. The smallest absolute Gasteiger partial charge is 0.328 e. The van der Waals surface area contributed by atoms with Gasteiger partial charge in [-0.2, -0.15) is 5.10 Å². The lowest BCUT2D eigenvalue weighted by atomic mass is 10.0. The fraction of sp³-hybridized carbons (Fsp3) is 0.478. The Balaban J connectivity index is 1.64. The average Bonchev–Trinajstić information content (AvgIpc) is 2.80. The molecule has 2 aromatic rings. The molecule has 0 bridgehead atoms. The molecule has 0 saturated carbocycles. The Morgan fingerprint density at radius 3 is 2.31 bits per heavy atom. The van der Waals surface area contributed by atoms with Crippen LogP contribution in [-0.2, 0) is 20.9 Å². The van der Waals surface area contributed by atoms with Crippen LogP contribution < -0.4 is 20.7 Å². The second-order valence-corrected chi connectivity index (χ2v) is 8.27. The maximum Gasteiger partial charge on any atom is 0.328 e. The van der Waals surface area contributed by atoms with E-state index in [2.05, 4.69) is 32.3 Å². The van der Waals surface area contributed by atoms with Crippen LogP contribution in [0.4, 0.5) is 11.5 Å². The van der Waals surface area contributed by atoms with Crippen LogP contribution in [0.15, 0.2) is 47.3 Å². The molecule has 1 fully saturated rings. The molecule has 3 rings (SSSR count). The summed E-state index contributed by atoms with van der Waals surface area (Å²) in [6.07, 6.45) is 0.451. The molecule has 1 aromatic heterocycles. The lowest BCUT2D eigenvalue weighted by Gasteiger charge is -2.36. The van der Waals surface area contributed by atoms with E-state index >= 15 is 0 Å². The predicted molar refractivity (Wildman–Crippen MR) is 123 cm³/mol. The normalized spacial score (nSPS) is 14.9. The van der Waals surface area contributed by atoms with E-state index in [0.29, 0.717) is 12.2 Å². The van der Waals surface area contributed by atoms with Gasteiger partial charge >= 0.3 is 5.97 Å². The first-order valence-corrected chi connectivity index (χ1v) is 10.9. The molecule has 9 nitrogen and oxygen atoms in total. The van der Waals surface area contributed by atoms with Crippen LogP contribution in [0.1, 0.15) is 20.3 Å². The second kappa shape index (κ2) is 10.8. The van der Waals surface area contributed by atoms with E-state index in [1.165, 1.54) is 18.9 Å². The molecule has 1 aliphatic rings. The van der Waals surface area contributed by atoms with Crippen molar-refractivity contribution >= 4 is 23.4 Å². The van der Waals surface area contributed by atoms with E-state index in [1.54, 1.807) is 6.07 Å². The Morgan fingerprint density at radius 1 is 1.03 bits per heavy atom. The van der Waals surface area contributed by atoms with E-state index in [1.807, 2.05) is 32.0 Å². The summed E-state index contributed by atoms with van der Waals surface area (Å²) in [7, 11) is 1.29. The molecule has 0 radical (unpaired) electrons. The van der Waals surface area contributed by atoms with Crippen molar-refractivity contribution < 1.29 is 14.3 Å². The Bertz CT molecular complexity index is 968. The summed E-state index contributed by atoms with van der Waals surface area (Å²) >= 11 is 0. The number of esters is 1. The van der Waals surface area contributed by atoms with Crippen LogP contribution in [0.2, 0.25) is 0 Å². The molecule has 0 aliphatic carbocycles. The van der Waals surface area contributed by atoms with Gasteiger partial charge in [0.25, 0.3) is 5.56 Å². The highest BCUT2D eigenvalue weighted by Crippen LogP contribution is 2.18. The molecular weight excluding hydrogens is 410 g/mol. The van der Waals surface area contributed by atoms with Crippen LogP contribution in [-0.4, -0.2) is 61.0 Å². The molecule has 1 N–H and O–H groups in total. The minimum atomic E-state index is -0.752. The summed E-state index contributed by atoms with van der Waals surface area (Å²) in [5, 5.41) is 7.07. The van der Waals surface area contributed by atoms with Crippen molar-refractivity contribution in [1.82, 2.24) is 15.1 Å². The summed E-state index contributed by atoms with van der Waals surface area (Å²) in [5.74, 6) is -0.117. The maximum atomic E-state index is 12.5. The number of ether oxygens (including phenoxy) is 1. The topological polar surface area (TPSA) is 96.8 Å². The highest BCUT2D eigenvalue weighted by atomic mass is 16.5. The van der Waals surface area contributed by atoms with Crippen molar-refractivity contribution in [2.24, 2.45) is 5.92 Å². The first kappa shape index (κ1) is 23.3. The number of para-hydroxylation sites is 1. The minimum absolute atomic E-state index is 0.193. The number of rotatable bonds is 8. The molecule has 1 atom stereocenters. The molecule has 1 aromatic carbocycles. The van der Waals surface area contributed by atoms with Gasteiger partial charge in [0.15, 0.2) is 0 Å². The van der Waals surface area contributed by atoms with Crippen LogP contribution in [0.3, 0.4) is 0 Å². The van der Waals surface area contributed by atoms with Gasteiger partial charge in [-0.15, -0.1) is 0 Å². The Labute approximate surface area is 188 Å². The van der Waals surface area contributed by atoms with Crippen molar-refractivity contribution in [3.8, 4) is 0 Å². The first-order valence-electron chi connectivity index (χ1n) is 10.9. The molecule has 1 amide bonds. The predicted octanol–water partition coefficient (Wildman–Crippen LogP) is 1.27. The number of aromatic nitrogens is 2.